The Kier molecular flexibility index (Phi) is 9.78. The first-order chi connectivity index (χ1) is 18.7. The van der Waals surface area contributed by atoms with E-state index in [0.29, 0.717) is 25.0 Å². The van der Waals surface area contributed by atoms with E-state index >= 15 is 0 Å². The number of hydrogen-bond donors (Lipinski definition) is 1. The summed E-state index contributed by atoms with van der Waals surface area (Å²) < 4.78 is 10.9. The van der Waals surface area contributed by atoms with Gasteiger partial charge in [0.25, 0.3) is 0 Å². The summed E-state index contributed by atoms with van der Waals surface area (Å²) in [6.07, 6.45) is 15.5. The van der Waals surface area contributed by atoms with Crippen LogP contribution < -0.4 is 5.32 Å². The summed E-state index contributed by atoms with van der Waals surface area (Å²) in [7, 11) is 0. The van der Waals surface area contributed by atoms with E-state index < -0.39 is 6.16 Å². The van der Waals surface area contributed by atoms with Crippen molar-refractivity contribution in [1.29, 1.82) is 0 Å². The molecule has 1 saturated heterocycles. The van der Waals surface area contributed by atoms with Gasteiger partial charge in [0, 0.05) is 24.9 Å². The molecule has 206 valence electrons. The van der Waals surface area contributed by atoms with Gasteiger partial charge in [0.1, 0.15) is 6.10 Å². The van der Waals surface area contributed by atoms with Gasteiger partial charge in [-0.15, -0.1) is 0 Å². The third-order valence-electron chi connectivity index (χ3n) is 9.25. The molecule has 0 aromatic heterocycles. The highest BCUT2D eigenvalue weighted by Crippen LogP contribution is 2.38. The van der Waals surface area contributed by atoms with Gasteiger partial charge in [0.15, 0.2) is 0 Å². The number of rotatable bonds is 9. The lowest BCUT2D eigenvalue weighted by Gasteiger charge is -2.27. The molecule has 1 aliphatic heterocycles. The van der Waals surface area contributed by atoms with Crippen LogP contribution in [0.5, 0.6) is 0 Å². The smallest absolute Gasteiger partial charge is 0.434 e. The predicted octanol–water partition coefficient (Wildman–Crippen LogP) is 8.60. The summed E-state index contributed by atoms with van der Waals surface area (Å²) in [6.45, 7) is 3.19. The van der Waals surface area contributed by atoms with Crippen LogP contribution in [0, 0.1) is 0 Å². The van der Waals surface area contributed by atoms with Crippen molar-refractivity contribution in [2.45, 2.75) is 120 Å². The van der Waals surface area contributed by atoms with E-state index in [1.165, 1.54) is 86.5 Å². The van der Waals surface area contributed by atoms with Gasteiger partial charge in [0.2, 0.25) is 0 Å². The second kappa shape index (κ2) is 13.6. The van der Waals surface area contributed by atoms with Crippen LogP contribution in [-0.2, 0) is 9.47 Å². The largest absolute Gasteiger partial charge is 0.508 e. The van der Waals surface area contributed by atoms with Crippen LogP contribution in [0.2, 0.25) is 0 Å². The number of nitrogens with one attached hydrogen (secondary N) is 1. The Balaban J connectivity index is 1.32. The molecular weight excluding hydrogens is 470 g/mol. The molecule has 38 heavy (non-hydrogen) atoms. The highest BCUT2D eigenvalue weighted by atomic mass is 16.7. The minimum atomic E-state index is -0.531. The summed E-state index contributed by atoms with van der Waals surface area (Å²) in [5, 5.41) is 3.70. The molecule has 0 radical (unpaired) electrons. The lowest BCUT2D eigenvalue weighted by Crippen LogP contribution is -2.29. The fourth-order valence-electron chi connectivity index (χ4n) is 7.03. The second-order valence-electron chi connectivity index (χ2n) is 11.9. The lowest BCUT2D eigenvalue weighted by atomic mass is 9.79. The van der Waals surface area contributed by atoms with Crippen molar-refractivity contribution < 1.29 is 14.3 Å². The fourth-order valence-corrected chi connectivity index (χ4v) is 7.03. The summed E-state index contributed by atoms with van der Waals surface area (Å²) >= 11 is 0. The Hall–Kier alpha value is -2.33. The molecule has 2 saturated carbocycles. The molecular formula is C34H47NO3. The molecule has 5 rings (SSSR count). The third-order valence-corrected chi connectivity index (χ3v) is 9.25. The number of hydrogen-bond acceptors (Lipinski definition) is 4. The van der Waals surface area contributed by atoms with E-state index in [2.05, 4.69) is 60.8 Å². The van der Waals surface area contributed by atoms with E-state index in [-0.39, 0.29) is 18.1 Å². The van der Waals surface area contributed by atoms with E-state index in [1.54, 1.807) is 0 Å². The molecule has 1 N–H and O–H groups in total. The molecule has 0 bridgehead atoms. The molecule has 1 heterocycles. The van der Waals surface area contributed by atoms with Crippen LogP contribution in [-0.4, -0.2) is 31.5 Å². The monoisotopic (exact) mass is 517 g/mol. The Labute approximate surface area is 229 Å². The SMILES string of the molecule is CCCCOC(=O)O[C@H]1CNC(C(c2ccc(C3CCCCC3)cc2)c2ccc(C3CCCCC3)cc2)C1. The van der Waals surface area contributed by atoms with Crippen LogP contribution >= 0.6 is 0 Å². The maximum Gasteiger partial charge on any atom is 0.508 e. The van der Waals surface area contributed by atoms with Gasteiger partial charge in [-0.2, -0.15) is 0 Å². The van der Waals surface area contributed by atoms with E-state index in [1.807, 2.05) is 0 Å². The fraction of sp³-hybridized carbons (Fsp3) is 0.618. The molecule has 2 atom stereocenters. The quantitative estimate of drug-likeness (QED) is 0.267. The highest BCUT2D eigenvalue weighted by molar-refractivity contribution is 5.60. The maximum absolute atomic E-state index is 12.2. The zero-order chi connectivity index (χ0) is 26.2. The van der Waals surface area contributed by atoms with E-state index in [4.69, 9.17) is 9.47 Å². The maximum atomic E-state index is 12.2. The number of carbonyl (C=O) groups is 1. The molecule has 2 aromatic carbocycles. The van der Waals surface area contributed by atoms with Gasteiger partial charge in [-0.1, -0.05) is 100 Å². The normalized spacial score (nSPS) is 23.0. The topological polar surface area (TPSA) is 47.6 Å². The van der Waals surface area contributed by atoms with Crippen molar-refractivity contribution in [3.05, 3.63) is 70.8 Å². The Bertz CT molecular complexity index is 928. The average Bonchev–Trinajstić information content (AvgIpc) is 3.42. The van der Waals surface area contributed by atoms with Gasteiger partial charge in [-0.3, -0.25) is 0 Å². The van der Waals surface area contributed by atoms with Crippen molar-refractivity contribution in [3.63, 3.8) is 0 Å². The summed E-state index contributed by atoms with van der Waals surface area (Å²) in [5.41, 5.74) is 5.68. The predicted molar refractivity (Wildman–Crippen MR) is 154 cm³/mol. The van der Waals surface area contributed by atoms with Crippen molar-refractivity contribution in [2.24, 2.45) is 0 Å². The highest BCUT2D eigenvalue weighted by Gasteiger charge is 2.35. The van der Waals surface area contributed by atoms with Gasteiger partial charge in [-0.05, 0) is 66.2 Å². The van der Waals surface area contributed by atoms with E-state index in [9.17, 15) is 4.79 Å². The minimum absolute atomic E-state index is 0.153. The first kappa shape index (κ1) is 27.2. The minimum Gasteiger partial charge on any atom is -0.434 e. The molecule has 4 nitrogen and oxygen atoms in total. The van der Waals surface area contributed by atoms with Crippen molar-refractivity contribution in [1.82, 2.24) is 5.32 Å². The van der Waals surface area contributed by atoms with Crippen LogP contribution in [0.3, 0.4) is 0 Å². The first-order valence-electron chi connectivity index (χ1n) is 15.5. The summed E-state index contributed by atoms with van der Waals surface area (Å²) in [5.74, 6) is 1.65. The molecule has 2 aromatic rings. The van der Waals surface area contributed by atoms with Crippen LogP contribution in [0.15, 0.2) is 48.5 Å². The van der Waals surface area contributed by atoms with Crippen molar-refractivity contribution >= 4 is 6.16 Å². The van der Waals surface area contributed by atoms with Crippen LogP contribution in [0.25, 0.3) is 0 Å². The van der Waals surface area contributed by atoms with Gasteiger partial charge in [0.05, 0.1) is 6.61 Å². The molecule has 2 aliphatic carbocycles. The summed E-state index contributed by atoms with van der Waals surface area (Å²) in [6, 6.07) is 19.2. The number of carbonyl (C=O) groups excluding carboxylic acids is 1. The average molecular weight is 518 g/mol. The molecule has 0 spiro atoms. The van der Waals surface area contributed by atoms with Gasteiger partial charge < -0.3 is 14.8 Å². The molecule has 3 aliphatic rings. The van der Waals surface area contributed by atoms with Crippen LogP contribution in [0.4, 0.5) is 4.79 Å². The number of ether oxygens (including phenoxy) is 2. The van der Waals surface area contributed by atoms with Gasteiger partial charge >= 0.3 is 6.16 Å². The molecule has 3 fully saturated rings. The Morgan fingerprint density at radius 2 is 1.34 bits per heavy atom. The Morgan fingerprint density at radius 3 is 1.84 bits per heavy atom. The Morgan fingerprint density at radius 1 is 0.816 bits per heavy atom. The second-order valence-corrected chi connectivity index (χ2v) is 11.9. The molecule has 0 amide bonds. The van der Waals surface area contributed by atoms with Crippen molar-refractivity contribution in [2.75, 3.05) is 13.2 Å². The third kappa shape index (κ3) is 7.00. The first-order valence-corrected chi connectivity index (χ1v) is 15.5. The zero-order valence-electron chi connectivity index (χ0n) is 23.3. The molecule has 4 heteroatoms. The lowest BCUT2D eigenvalue weighted by molar-refractivity contribution is 0.0281. The number of benzene rings is 2. The number of unbranched alkanes of at least 4 members (excludes halogenated alkanes) is 1. The van der Waals surface area contributed by atoms with Crippen LogP contribution in [0.1, 0.15) is 130 Å². The summed E-state index contributed by atoms with van der Waals surface area (Å²) in [4.78, 5) is 12.2. The molecule has 1 unspecified atom stereocenters. The standard InChI is InChI=1S/C34H47NO3/c1-2-3-22-37-34(36)38-31-23-32(35-24-31)33(29-18-14-27(15-19-29)25-10-6-4-7-11-25)30-20-16-28(17-21-30)26-12-8-5-9-13-26/h14-21,25-26,31-33,35H,2-13,22-24H2,1H3/t31-,32?/m1/s1. The zero-order valence-corrected chi connectivity index (χ0v) is 23.3. The van der Waals surface area contributed by atoms with E-state index in [0.717, 1.165) is 19.3 Å². The van der Waals surface area contributed by atoms with Crippen molar-refractivity contribution in [3.8, 4) is 0 Å². The van der Waals surface area contributed by atoms with Gasteiger partial charge in [-0.25, -0.2) is 4.79 Å².